The average molecular weight is 358 g/mol. The lowest BCUT2D eigenvalue weighted by Gasteiger charge is -2.10. The molecule has 1 aromatic carbocycles. The van der Waals surface area contributed by atoms with Crippen LogP contribution in [-0.4, -0.2) is 9.97 Å². The van der Waals surface area contributed by atoms with E-state index in [4.69, 9.17) is 16.3 Å². The molecule has 1 aliphatic rings. The van der Waals surface area contributed by atoms with Gasteiger partial charge in [-0.1, -0.05) is 11.6 Å². The first-order chi connectivity index (χ1) is 9.54. The van der Waals surface area contributed by atoms with Crippen molar-refractivity contribution in [2.75, 3.05) is 0 Å². The van der Waals surface area contributed by atoms with Crippen molar-refractivity contribution in [1.29, 1.82) is 0 Å². The Morgan fingerprint density at radius 2 is 2.10 bits per heavy atom. The van der Waals surface area contributed by atoms with Crippen LogP contribution in [0.25, 0.3) is 0 Å². The van der Waals surface area contributed by atoms with E-state index in [-0.39, 0.29) is 5.82 Å². The molecule has 1 aromatic heterocycles. The van der Waals surface area contributed by atoms with Crippen LogP contribution in [0.2, 0.25) is 5.15 Å². The molecule has 104 valence electrons. The first kappa shape index (κ1) is 13.8. The minimum atomic E-state index is -0.339. The Morgan fingerprint density at radius 3 is 2.75 bits per heavy atom. The number of aromatic nitrogens is 2. The zero-order valence-corrected chi connectivity index (χ0v) is 13.0. The predicted molar refractivity (Wildman–Crippen MR) is 77.9 cm³/mol. The Hall–Kier alpha value is -1.20. The number of ether oxygens (including phenoxy) is 1. The third-order valence-corrected chi connectivity index (χ3v) is 4.08. The van der Waals surface area contributed by atoms with Crippen molar-refractivity contribution in [2.24, 2.45) is 0 Å². The van der Waals surface area contributed by atoms with Gasteiger partial charge in [0.05, 0.1) is 4.47 Å². The molecule has 0 saturated heterocycles. The molecule has 3 rings (SSSR count). The highest BCUT2D eigenvalue weighted by atomic mass is 79.9. The summed E-state index contributed by atoms with van der Waals surface area (Å²) in [7, 11) is 0. The van der Waals surface area contributed by atoms with Crippen molar-refractivity contribution >= 4 is 27.5 Å². The van der Waals surface area contributed by atoms with Gasteiger partial charge in [-0.3, -0.25) is 0 Å². The van der Waals surface area contributed by atoms with Crippen LogP contribution in [0.15, 0.2) is 22.7 Å². The second-order valence-electron chi connectivity index (χ2n) is 4.76. The summed E-state index contributed by atoms with van der Waals surface area (Å²) in [5, 5.41) is 0.401. The summed E-state index contributed by atoms with van der Waals surface area (Å²) in [6.45, 7) is 1.80. The molecule has 0 radical (unpaired) electrons. The van der Waals surface area contributed by atoms with Crippen LogP contribution in [0.3, 0.4) is 0 Å². The van der Waals surface area contributed by atoms with E-state index < -0.39 is 0 Å². The van der Waals surface area contributed by atoms with Gasteiger partial charge >= 0.3 is 0 Å². The highest BCUT2D eigenvalue weighted by molar-refractivity contribution is 9.10. The van der Waals surface area contributed by atoms with Gasteiger partial charge in [-0.05, 0) is 53.9 Å². The van der Waals surface area contributed by atoms with Crippen LogP contribution < -0.4 is 4.74 Å². The van der Waals surface area contributed by atoms with Gasteiger partial charge in [-0.25, -0.2) is 9.37 Å². The number of hydrogen-bond acceptors (Lipinski definition) is 3. The third kappa shape index (κ3) is 2.79. The van der Waals surface area contributed by atoms with Gasteiger partial charge in [-0.15, -0.1) is 0 Å². The van der Waals surface area contributed by atoms with Crippen molar-refractivity contribution < 1.29 is 9.13 Å². The molecule has 1 aliphatic carbocycles. The molecule has 0 aliphatic heterocycles. The quantitative estimate of drug-likeness (QED) is 0.724. The molecule has 3 nitrogen and oxygen atoms in total. The first-order valence-electron chi connectivity index (χ1n) is 6.21. The highest BCUT2D eigenvalue weighted by Gasteiger charge is 2.28. The Bertz CT molecular complexity index is 676. The Balaban J connectivity index is 1.94. The van der Waals surface area contributed by atoms with E-state index >= 15 is 0 Å². The molecular formula is C14H11BrClFN2O. The lowest BCUT2D eigenvalue weighted by Crippen LogP contribution is -2.00. The molecular weight excluding hydrogens is 347 g/mol. The van der Waals surface area contributed by atoms with Crippen LogP contribution in [0.1, 0.15) is 30.1 Å². The van der Waals surface area contributed by atoms with E-state index in [1.165, 1.54) is 6.07 Å². The number of hydrogen-bond donors (Lipinski definition) is 0. The predicted octanol–water partition coefficient (Wildman–Crippen LogP) is 5.01. The van der Waals surface area contributed by atoms with Crippen molar-refractivity contribution in [3.63, 3.8) is 0 Å². The molecule has 20 heavy (non-hydrogen) atoms. The molecule has 0 spiro atoms. The van der Waals surface area contributed by atoms with E-state index in [1.807, 2.05) is 0 Å². The van der Waals surface area contributed by atoms with E-state index in [1.54, 1.807) is 19.1 Å². The van der Waals surface area contributed by atoms with Gasteiger partial charge < -0.3 is 4.74 Å². The van der Waals surface area contributed by atoms with Crippen molar-refractivity contribution in [3.8, 4) is 11.6 Å². The van der Waals surface area contributed by atoms with Crippen LogP contribution in [0, 0.1) is 12.7 Å². The Morgan fingerprint density at radius 1 is 1.35 bits per heavy atom. The molecule has 0 N–H and O–H groups in total. The second-order valence-corrected chi connectivity index (χ2v) is 5.97. The van der Waals surface area contributed by atoms with E-state index in [0.717, 1.165) is 18.7 Å². The van der Waals surface area contributed by atoms with Gasteiger partial charge in [0.15, 0.2) is 0 Å². The molecule has 6 heteroatoms. The zero-order valence-electron chi connectivity index (χ0n) is 10.7. The molecule has 0 unspecified atom stereocenters. The Labute approximate surface area is 129 Å². The van der Waals surface area contributed by atoms with Crippen molar-refractivity contribution in [1.82, 2.24) is 9.97 Å². The largest absolute Gasteiger partial charge is 0.439 e. The van der Waals surface area contributed by atoms with E-state index in [0.29, 0.717) is 32.7 Å². The zero-order chi connectivity index (χ0) is 14.3. The lowest BCUT2D eigenvalue weighted by molar-refractivity contribution is 0.452. The molecule has 0 atom stereocenters. The topological polar surface area (TPSA) is 35.0 Å². The van der Waals surface area contributed by atoms with Gasteiger partial charge in [0.25, 0.3) is 0 Å². The number of nitrogens with zero attached hydrogens (tertiary/aromatic N) is 2. The van der Waals surface area contributed by atoms with Crippen LogP contribution in [0.4, 0.5) is 4.39 Å². The molecule has 0 bridgehead atoms. The second kappa shape index (κ2) is 5.30. The fourth-order valence-electron chi connectivity index (χ4n) is 1.76. The number of halogens is 3. The first-order valence-corrected chi connectivity index (χ1v) is 7.38. The molecule has 1 heterocycles. The van der Waals surface area contributed by atoms with E-state index in [2.05, 4.69) is 25.9 Å². The number of benzene rings is 1. The monoisotopic (exact) mass is 356 g/mol. The standard InChI is InChI=1S/C14H11BrClFN2O/c1-7-12(16)18-13(8-2-3-8)19-14(7)20-9-4-5-11(17)10(15)6-9/h4-6,8H,2-3H2,1H3. The maximum Gasteiger partial charge on any atom is 0.226 e. The summed E-state index contributed by atoms with van der Waals surface area (Å²) in [5.41, 5.74) is 0.677. The summed E-state index contributed by atoms with van der Waals surface area (Å²) < 4.78 is 19.3. The van der Waals surface area contributed by atoms with Gasteiger partial charge in [-0.2, -0.15) is 4.98 Å². The van der Waals surface area contributed by atoms with Gasteiger partial charge in [0.1, 0.15) is 22.5 Å². The fourth-order valence-corrected chi connectivity index (χ4v) is 2.29. The van der Waals surface area contributed by atoms with E-state index in [9.17, 15) is 4.39 Å². The molecule has 0 amide bonds. The normalized spacial score (nSPS) is 14.4. The SMILES string of the molecule is Cc1c(Cl)nc(C2CC2)nc1Oc1ccc(F)c(Br)c1. The van der Waals surface area contributed by atoms with Crippen LogP contribution in [0.5, 0.6) is 11.6 Å². The van der Waals surface area contributed by atoms with Crippen LogP contribution in [-0.2, 0) is 0 Å². The number of rotatable bonds is 3. The molecule has 1 saturated carbocycles. The summed E-state index contributed by atoms with van der Waals surface area (Å²) in [5.74, 6) is 1.68. The summed E-state index contributed by atoms with van der Waals surface area (Å²) in [4.78, 5) is 8.69. The maximum atomic E-state index is 13.2. The maximum absolute atomic E-state index is 13.2. The third-order valence-electron chi connectivity index (χ3n) is 3.11. The van der Waals surface area contributed by atoms with Gasteiger partial charge in [0.2, 0.25) is 5.88 Å². The summed E-state index contributed by atoms with van der Waals surface area (Å²) >= 11 is 9.24. The fraction of sp³-hybridized carbons (Fsp3) is 0.286. The van der Waals surface area contributed by atoms with Gasteiger partial charge in [0, 0.05) is 11.5 Å². The summed E-state index contributed by atoms with van der Waals surface area (Å²) in [6.07, 6.45) is 2.17. The van der Waals surface area contributed by atoms with Crippen LogP contribution >= 0.6 is 27.5 Å². The average Bonchev–Trinajstić information content (AvgIpc) is 3.23. The molecule has 1 fully saturated rings. The molecule has 2 aromatic rings. The minimum absolute atomic E-state index is 0.339. The van der Waals surface area contributed by atoms with Crippen molar-refractivity contribution in [3.05, 3.63) is 45.0 Å². The summed E-state index contributed by atoms with van der Waals surface area (Å²) in [6, 6.07) is 4.44. The highest BCUT2D eigenvalue weighted by Crippen LogP contribution is 2.40. The van der Waals surface area contributed by atoms with Crippen molar-refractivity contribution in [2.45, 2.75) is 25.7 Å². The smallest absolute Gasteiger partial charge is 0.226 e. The minimum Gasteiger partial charge on any atom is -0.439 e. The Kier molecular flexibility index (Phi) is 3.65. The lowest BCUT2D eigenvalue weighted by atomic mass is 10.3.